The predicted octanol–water partition coefficient (Wildman–Crippen LogP) is 10.5. The summed E-state index contributed by atoms with van der Waals surface area (Å²) in [6, 6.07) is 31.5. The molecule has 53 heavy (non-hydrogen) atoms. The Bertz CT molecular complexity index is 2030. The van der Waals surface area contributed by atoms with Gasteiger partial charge in [0.05, 0.1) is 29.1 Å². The maximum Gasteiger partial charge on any atom is 0.277 e. The Labute approximate surface area is 349 Å². The number of rotatable bonds is 11. The molecular weight excluding hydrogens is 1020 g/mol. The molecule has 1 saturated heterocycles. The van der Waals surface area contributed by atoms with Crippen molar-refractivity contribution >= 4 is 102 Å². The Morgan fingerprint density at radius 3 is 1.83 bits per heavy atom. The number of anilines is 4. The molecule has 1 aliphatic heterocycles. The van der Waals surface area contributed by atoms with Gasteiger partial charge in [-0.3, -0.25) is 14.4 Å². The lowest BCUT2D eigenvalue weighted by molar-refractivity contribution is -0.186. The zero-order valence-corrected chi connectivity index (χ0v) is 35.5. The molecule has 9 nitrogen and oxygen atoms in total. The van der Waals surface area contributed by atoms with E-state index in [4.69, 9.17) is 14.4 Å². The number of halogens is 4. The number of benzene rings is 5. The summed E-state index contributed by atoms with van der Waals surface area (Å²) in [7, 11) is 0. The van der Waals surface area contributed by atoms with Crippen LogP contribution in [0.1, 0.15) is 56.7 Å². The van der Waals surface area contributed by atoms with Crippen LogP contribution in [-0.2, 0) is 21.0 Å². The molecule has 6 rings (SSSR count). The van der Waals surface area contributed by atoms with Gasteiger partial charge in [0.1, 0.15) is 5.82 Å². The second kappa shape index (κ2) is 20.4. The average molecular weight is 1050 g/mol. The van der Waals surface area contributed by atoms with E-state index < -0.39 is 18.0 Å². The Hall–Kier alpha value is -3.36. The van der Waals surface area contributed by atoms with Crippen LogP contribution >= 0.6 is 67.8 Å². The van der Waals surface area contributed by atoms with Crippen LogP contribution < -0.4 is 21.6 Å². The summed E-state index contributed by atoms with van der Waals surface area (Å²) in [6.45, 7) is 4.94. The summed E-state index contributed by atoms with van der Waals surface area (Å²) in [5, 5.41) is 6.56. The van der Waals surface area contributed by atoms with Crippen molar-refractivity contribution in [2.75, 3.05) is 17.2 Å². The van der Waals surface area contributed by atoms with Crippen molar-refractivity contribution in [3.8, 4) is 0 Å². The van der Waals surface area contributed by atoms with Crippen LogP contribution in [0.2, 0.25) is 0 Å². The van der Waals surface area contributed by atoms with Gasteiger partial charge in [-0.05, 0) is 184 Å². The van der Waals surface area contributed by atoms with Crippen LogP contribution in [0, 0.1) is 30.4 Å². The Morgan fingerprint density at radius 2 is 1.25 bits per heavy atom. The van der Waals surface area contributed by atoms with Gasteiger partial charge in [0.25, 0.3) is 11.8 Å². The maximum absolute atomic E-state index is 13.7. The average Bonchev–Trinajstić information content (AvgIpc) is 3.15. The molecule has 1 aliphatic rings. The first-order valence-corrected chi connectivity index (χ1v) is 20.0. The number of carbonyl (C=O) groups is 2. The van der Waals surface area contributed by atoms with Crippen molar-refractivity contribution in [1.29, 1.82) is 0 Å². The fraction of sp³-hybridized carbons (Fsp3) is 0.200. The van der Waals surface area contributed by atoms with E-state index in [9.17, 15) is 14.0 Å². The van der Waals surface area contributed by atoms with Crippen molar-refractivity contribution < 1.29 is 28.4 Å². The molecule has 1 heterocycles. The first-order valence-electron chi connectivity index (χ1n) is 16.7. The topological polar surface area (TPSA) is 110 Å². The number of amides is 2. The SMILES string of the molecule is Cc1cc(I)ccc1Nc1ccc(F)cc1C(=O)NOC1CCCCO1.Cc1cc(I)ccc1Nc1ccc(I)cc1C(=O)NOCc1ccccc1. The summed E-state index contributed by atoms with van der Waals surface area (Å²) in [5.74, 6) is -1.30. The van der Waals surface area contributed by atoms with Gasteiger partial charge in [-0.1, -0.05) is 30.3 Å². The van der Waals surface area contributed by atoms with E-state index in [1.54, 1.807) is 6.07 Å². The molecule has 5 aromatic carbocycles. The number of ether oxygens (including phenoxy) is 1. The predicted molar refractivity (Wildman–Crippen MR) is 231 cm³/mol. The van der Waals surface area contributed by atoms with E-state index in [0.717, 1.165) is 60.2 Å². The zero-order valence-electron chi connectivity index (χ0n) is 29.0. The maximum atomic E-state index is 13.7. The Morgan fingerprint density at radius 1 is 0.698 bits per heavy atom. The lowest BCUT2D eigenvalue weighted by atomic mass is 10.1. The quantitative estimate of drug-likeness (QED) is 0.0771. The number of aryl methyl sites for hydroxylation is 2. The molecule has 1 unspecified atom stereocenters. The molecule has 1 fully saturated rings. The summed E-state index contributed by atoms with van der Waals surface area (Å²) in [4.78, 5) is 35.8. The highest BCUT2D eigenvalue weighted by molar-refractivity contribution is 14.1. The van der Waals surface area contributed by atoms with Gasteiger partial charge in [0.2, 0.25) is 0 Å². The van der Waals surface area contributed by atoms with Crippen LogP contribution in [0.5, 0.6) is 0 Å². The van der Waals surface area contributed by atoms with E-state index in [0.29, 0.717) is 24.5 Å². The van der Waals surface area contributed by atoms with E-state index in [1.165, 1.54) is 15.7 Å². The van der Waals surface area contributed by atoms with Crippen LogP contribution in [0.25, 0.3) is 0 Å². The third-order valence-corrected chi connectivity index (χ3v) is 10.0. The monoisotopic (exact) mass is 1050 g/mol. The van der Waals surface area contributed by atoms with Crippen molar-refractivity contribution in [2.45, 2.75) is 46.0 Å². The molecular formula is C40H38FI3N4O5. The minimum Gasteiger partial charge on any atom is -0.355 e. The van der Waals surface area contributed by atoms with Gasteiger partial charge in [-0.15, -0.1) is 0 Å². The second-order valence-corrected chi connectivity index (χ2v) is 15.8. The smallest absolute Gasteiger partial charge is 0.277 e. The van der Waals surface area contributed by atoms with E-state index in [-0.39, 0.29) is 11.5 Å². The minimum atomic E-state index is -0.524. The van der Waals surface area contributed by atoms with E-state index in [1.807, 2.05) is 92.7 Å². The summed E-state index contributed by atoms with van der Waals surface area (Å²) in [5.41, 5.74) is 11.8. The second-order valence-electron chi connectivity index (χ2n) is 12.1. The molecule has 0 aromatic heterocycles. The fourth-order valence-electron chi connectivity index (χ4n) is 5.24. The first kappa shape index (κ1) is 40.8. The third-order valence-electron chi connectivity index (χ3n) is 8.04. The molecule has 0 radical (unpaired) electrons. The normalized spacial score (nSPS) is 13.7. The van der Waals surface area contributed by atoms with Crippen LogP contribution in [-0.4, -0.2) is 24.7 Å². The number of nitrogens with one attached hydrogen (secondary N) is 4. The highest BCUT2D eigenvalue weighted by Crippen LogP contribution is 2.28. The standard InChI is InChI=1S/C21H18I2N2O2.C19H20FIN2O3/c1-14-11-16(22)7-9-19(14)24-20-10-8-17(23)12-18(20)21(26)25-27-13-15-5-3-2-4-6-15;1-12-10-14(21)6-8-16(12)22-17-7-5-13(20)11-15(17)19(24)23-26-18-4-2-3-9-25-18/h2-12,24H,13H2,1H3,(H,25,26);5-8,10-11,18,22H,2-4,9H2,1H3,(H,23,24). The molecule has 0 saturated carbocycles. The summed E-state index contributed by atoms with van der Waals surface area (Å²) >= 11 is 6.72. The number of carbonyl (C=O) groups excluding carboxylic acids is 2. The van der Waals surface area contributed by atoms with Crippen LogP contribution in [0.3, 0.4) is 0 Å². The minimum absolute atomic E-state index is 0.166. The van der Waals surface area contributed by atoms with Crippen molar-refractivity contribution in [3.63, 3.8) is 0 Å². The number of hydroxylamine groups is 2. The van der Waals surface area contributed by atoms with Crippen molar-refractivity contribution in [3.05, 3.63) is 147 Å². The number of hydrogen-bond donors (Lipinski definition) is 4. The molecule has 0 aliphatic carbocycles. The molecule has 276 valence electrons. The van der Waals surface area contributed by atoms with Gasteiger partial charge < -0.3 is 15.4 Å². The fourth-order valence-corrected chi connectivity index (χ4v) is 7.03. The molecule has 4 N–H and O–H groups in total. The van der Waals surface area contributed by atoms with E-state index in [2.05, 4.69) is 95.4 Å². The van der Waals surface area contributed by atoms with Crippen molar-refractivity contribution in [1.82, 2.24) is 11.0 Å². The molecule has 1 atom stereocenters. The summed E-state index contributed by atoms with van der Waals surface area (Å²) < 4.78 is 22.4. The van der Waals surface area contributed by atoms with Gasteiger partial charge in [0.15, 0.2) is 6.29 Å². The molecule has 0 bridgehead atoms. The highest BCUT2D eigenvalue weighted by atomic mass is 127. The van der Waals surface area contributed by atoms with Gasteiger partial charge >= 0.3 is 0 Å². The molecule has 5 aromatic rings. The van der Waals surface area contributed by atoms with Gasteiger partial charge in [-0.2, -0.15) is 0 Å². The molecule has 0 spiro atoms. The third kappa shape index (κ3) is 12.6. The lowest BCUT2D eigenvalue weighted by Gasteiger charge is -2.22. The van der Waals surface area contributed by atoms with E-state index >= 15 is 0 Å². The Kier molecular flexibility index (Phi) is 15.7. The number of hydrogen-bond acceptors (Lipinski definition) is 7. The largest absolute Gasteiger partial charge is 0.355 e. The molecule has 13 heteroatoms. The first-order chi connectivity index (χ1) is 25.5. The summed E-state index contributed by atoms with van der Waals surface area (Å²) in [6.07, 6.45) is 2.23. The molecule has 2 amide bonds. The highest BCUT2D eigenvalue weighted by Gasteiger charge is 2.19. The van der Waals surface area contributed by atoms with Crippen LogP contribution in [0.4, 0.5) is 27.1 Å². The Balaban J connectivity index is 0.000000204. The zero-order chi connectivity index (χ0) is 37.7. The lowest BCUT2D eigenvalue weighted by Crippen LogP contribution is -2.33. The van der Waals surface area contributed by atoms with Gasteiger partial charge in [0, 0.05) is 35.1 Å². The van der Waals surface area contributed by atoms with Crippen LogP contribution in [0.15, 0.2) is 103 Å². The van der Waals surface area contributed by atoms with Gasteiger partial charge in [-0.25, -0.2) is 20.2 Å². The van der Waals surface area contributed by atoms with Crippen molar-refractivity contribution in [2.24, 2.45) is 0 Å².